The number of anilines is 3. The maximum Gasteiger partial charge on any atom is 0.226 e. The molecule has 0 aromatic heterocycles. The lowest BCUT2D eigenvalue weighted by molar-refractivity contribution is -0.116. The molecule has 0 atom stereocenters. The molecule has 0 spiro atoms. The van der Waals surface area contributed by atoms with Crippen molar-refractivity contribution in [2.75, 3.05) is 29.5 Å². The number of carbonyl (C=O) groups is 1. The number of hydrogen-bond acceptors (Lipinski definition) is 3. The minimum Gasteiger partial charge on any atom is -0.399 e. The molecule has 0 aliphatic rings. The molecule has 0 saturated heterocycles. The average Bonchev–Trinajstić information content (AvgIpc) is 2.49. The molecule has 0 bridgehead atoms. The number of aryl methyl sites for hydroxylation is 1. The normalized spacial score (nSPS) is 10.2. The number of amides is 1. The van der Waals surface area contributed by atoms with Crippen LogP contribution in [0, 0.1) is 6.92 Å². The van der Waals surface area contributed by atoms with Crippen LogP contribution in [0.1, 0.15) is 12.0 Å². The van der Waals surface area contributed by atoms with Crippen LogP contribution in [0.2, 0.25) is 0 Å². The zero-order valence-electron chi connectivity index (χ0n) is 12.5. The van der Waals surface area contributed by atoms with Crippen LogP contribution in [0.4, 0.5) is 17.1 Å². The highest BCUT2D eigenvalue weighted by atomic mass is 16.1. The highest BCUT2D eigenvalue weighted by Gasteiger charge is 2.07. The summed E-state index contributed by atoms with van der Waals surface area (Å²) in [6.07, 6.45) is 0.430. The van der Waals surface area contributed by atoms with E-state index in [0.29, 0.717) is 18.7 Å². The molecular formula is C17H21N3O. The number of benzene rings is 2. The summed E-state index contributed by atoms with van der Waals surface area (Å²) >= 11 is 0. The second-order valence-electron chi connectivity index (χ2n) is 5.13. The molecule has 21 heavy (non-hydrogen) atoms. The van der Waals surface area contributed by atoms with Crippen LogP contribution < -0.4 is 16.0 Å². The van der Waals surface area contributed by atoms with Crippen molar-refractivity contribution in [3.05, 3.63) is 54.1 Å². The number of nitrogens with two attached hydrogens (primary N) is 1. The Balaban J connectivity index is 1.89. The van der Waals surface area contributed by atoms with Gasteiger partial charge >= 0.3 is 0 Å². The number of carbonyl (C=O) groups excluding carboxylic acids is 1. The maximum absolute atomic E-state index is 12.0. The van der Waals surface area contributed by atoms with Gasteiger partial charge in [0.25, 0.3) is 0 Å². The van der Waals surface area contributed by atoms with Gasteiger partial charge in [-0.3, -0.25) is 4.79 Å². The predicted molar refractivity (Wildman–Crippen MR) is 88.6 cm³/mol. The zero-order chi connectivity index (χ0) is 15.2. The van der Waals surface area contributed by atoms with Crippen molar-refractivity contribution in [1.82, 2.24) is 0 Å². The maximum atomic E-state index is 12.0. The molecular weight excluding hydrogens is 262 g/mol. The van der Waals surface area contributed by atoms with Crippen LogP contribution in [-0.4, -0.2) is 19.5 Å². The Bertz CT molecular complexity index is 611. The SMILES string of the molecule is Cc1ccc(N)cc1NC(=O)CCN(C)c1ccccc1. The second-order valence-corrected chi connectivity index (χ2v) is 5.13. The molecule has 2 aromatic rings. The molecule has 0 aliphatic carbocycles. The summed E-state index contributed by atoms with van der Waals surface area (Å²) in [7, 11) is 1.98. The highest BCUT2D eigenvalue weighted by Crippen LogP contribution is 2.18. The Morgan fingerprint density at radius 1 is 1.19 bits per heavy atom. The lowest BCUT2D eigenvalue weighted by atomic mass is 10.2. The Kier molecular flexibility index (Phi) is 4.82. The molecule has 1 amide bonds. The third kappa shape index (κ3) is 4.24. The van der Waals surface area contributed by atoms with E-state index in [9.17, 15) is 4.79 Å². The van der Waals surface area contributed by atoms with E-state index in [1.54, 1.807) is 6.07 Å². The molecule has 110 valence electrons. The van der Waals surface area contributed by atoms with Gasteiger partial charge in [0.15, 0.2) is 0 Å². The number of para-hydroxylation sites is 1. The summed E-state index contributed by atoms with van der Waals surface area (Å²) in [4.78, 5) is 14.1. The average molecular weight is 283 g/mol. The third-order valence-electron chi connectivity index (χ3n) is 3.41. The van der Waals surface area contributed by atoms with Crippen molar-refractivity contribution >= 4 is 23.0 Å². The van der Waals surface area contributed by atoms with E-state index in [1.807, 2.05) is 56.4 Å². The predicted octanol–water partition coefficient (Wildman–Crippen LogP) is 3.04. The fraction of sp³-hybridized carbons (Fsp3) is 0.235. The minimum absolute atomic E-state index is 0.00789. The molecule has 4 nitrogen and oxygen atoms in total. The van der Waals surface area contributed by atoms with E-state index in [-0.39, 0.29) is 5.91 Å². The van der Waals surface area contributed by atoms with Crippen molar-refractivity contribution in [2.24, 2.45) is 0 Å². The van der Waals surface area contributed by atoms with Gasteiger partial charge in [0, 0.05) is 37.1 Å². The van der Waals surface area contributed by atoms with Gasteiger partial charge in [-0.05, 0) is 36.8 Å². The van der Waals surface area contributed by atoms with Gasteiger partial charge in [0.1, 0.15) is 0 Å². The van der Waals surface area contributed by atoms with Crippen molar-refractivity contribution in [2.45, 2.75) is 13.3 Å². The topological polar surface area (TPSA) is 58.4 Å². The van der Waals surface area contributed by atoms with Gasteiger partial charge in [-0.1, -0.05) is 24.3 Å². The van der Waals surface area contributed by atoms with E-state index in [2.05, 4.69) is 10.2 Å². The van der Waals surface area contributed by atoms with E-state index in [0.717, 1.165) is 16.9 Å². The quantitative estimate of drug-likeness (QED) is 0.829. The smallest absolute Gasteiger partial charge is 0.226 e. The minimum atomic E-state index is -0.00789. The van der Waals surface area contributed by atoms with Gasteiger partial charge in [0.05, 0.1) is 0 Å². The summed E-state index contributed by atoms with van der Waals surface area (Å²) in [5, 5.41) is 2.91. The van der Waals surface area contributed by atoms with Crippen LogP contribution in [0.15, 0.2) is 48.5 Å². The third-order valence-corrected chi connectivity index (χ3v) is 3.41. The van der Waals surface area contributed by atoms with Gasteiger partial charge in [-0.15, -0.1) is 0 Å². The summed E-state index contributed by atoms with van der Waals surface area (Å²) in [5.74, 6) is -0.00789. The molecule has 0 radical (unpaired) electrons. The molecule has 0 heterocycles. The summed E-state index contributed by atoms with van der Waals surface area (Å²) in [6, 6.07) is 15.5. The zero-order valence-corrected chi connectivity index (χ0v) is 12.5. The monoisotopic (exact) mass is 283 g/mol. The first-order valence-corrected chi connectivity index (χ1v) is 6.98. The van der Waals surface area contributed by atoms with Crippen LogP contribution in [-0.2, 0) is 4.79 Å². The van der Waals surface area contributed by atoms with Crippen molar-refractivity contribution < 1.29 is 4.79 Å². The van der Waals surface area contributed by atoms with Crippen LogP contribution in [0.5, 0.6) is 0 Å². The second kappa shape index (κ2) is 6.79. The summed E-state index contributed by atoms with van der Waals surface area (Å²) in [5.41, 5.74) is 9.28. The van der Waals surface area contributed by atoms with Crippen LogP contribution in [0.25, 0.3) is 0 Å². The Morgan fingerprint density at radius 2 is 1.90 bits per heavy atom. The number of nitrogen functional groups attached to an aromatic ring is 1. The lowest BCUT2D eigenvalue weighted by Gasteiger charge is -2.19. The van der Waals surface area contributed by atoms with Gasteiger partial charge in [-0.2, -0.15) is 0 Å². The Hall–Kier alpha value is -2.49. The van der Waals surface area contributed by atoms with Crippen molar-refractivity contribution in [3.8, 4) is 0 Å². The Labute approximate surface area is 125 Å². The fourth-order valence-corrected chi connectivity index (χ4v) is 2.07. The highest BCUT2D eigenvalue weighted by molar-refractivity contribution is 5.92. The summed E-state index contributed by atoms with van der Waals surface area (Å²) in [6.45, 7) is 2.61. The largest absolute Gasteiger partial charge is 0.399 e. The van der Waals surface area contributed by atoms with E-state index >= 15 is 0 Å². The molecule has 4 heteroatoms. The molecule has 0 unspecified atom stereocenters. The molecule has 2 rings (SSSR count). The first kappa shape index (κ1) is 14.9. The standard InChI is InChI=1S/C17H21N3O/c1-13-8-9-14(18)12-16(13)19-17(21)10-11-20(2)15-6-4-3-5-7-15/h3-9,12H,10-11,18H2,1-2H3,(H,19,21). The van der Waals surface area contributed by atoms with E-state index in [1.165, 1.54) is 0 Å². The summed E-state index contributed by atoms with van der Waals surface area (Å²) < 4.78 is 0. The number of nitrogens with one attached hydrogen (secondary N) is 1. The van der Waals surface area contributed by atoms with E-state index < -0.39 is 0 Å². The van der Waals surface area contributed by atoms with Crippen molar-refractivity contribution in [3.63, 3.8) is 0 Å². The molecule has 0 saturated carbocycles. The fourth-order valence-electron chi connectivity index (χ4n) is 2.07. The van der Waals surface area contributed by atoms with Gasteiger partial charge in [-0.25, -0.2) is 0 Å². The molecule has 3 N–H and O–H groups in total. The molecule has 2 aromatic carbocycles. The lowest BCUT2D eigenvalue weighted by Crippen LogP contribution is -2.24. The first-order valence-electron chi connectivity index (χ1n) is 6.98. The Morgan fingerprint density at radius 3 is 2.62 bits per heavy atom. The number of rotatable bonds is 5. The number of nitrogens with zero attached hydrogens (tertiary/aromatic N) is 1. The van der Waals surface area contributed by atoms with Crippen molar-refractivity contribution in [1.29, 1.82) is 0 Å². The van der Waals surface area contributed by atoms with Gasteiger partial charge in [0.2, 0.25) is 5.91 Å². The van der Waals surface area contributed by atoms with E-state index in [4.69, 9.17) is 5.73 Å². The van der Waals surface area contributed by atoms with Crippen LogP contribution >= 0.6 is 0 Å². The van der Waals surface area contributed by atoms with Crippen LogP contribution in [0.3, 0.4) is 0 Å². The first-order chi connectivity index (χ1) is 10.1. The van der Waals surface area contributed by atoms with Gasteiger partial charge < -0.3 is 16.0 Å². The number of hydrogen-bond donors (Lipinski definition) is 2. The molecule has 0 aliphatic heterocycles. The molecule has 0 fully saturated rings.